The van der Waals surface area contributed by atoms with E-state index < -0.39 is 0 Å². The van der Waals surface area contributed by atoms with Crippen molar-refractivity contribution in [2.75, 3.05) is 21.3 Å². The maximum Gasteiger partial charge on any atom is 0.330 e. The molecule has 0 saturated carbocycles. The quantitative estimate of drug-likeness (QED) is 0.190. The average molecular weight is 395 g/mol. The highest BCUT2D eigenvalue weighted by molar-refractivity contribution is 5.83. The fourth-order valence-electron chi connectivity index (χ4n) is 2.06. The van der Waals surface area contributed by atoms with Crippen molar-refractivity contribution in [1.82, 2.24) is 0 Å². The average Bonchev–Trinajstić information content (AvgIpc) is 2.68. The van der Waals surface area contributed by atoms with Gasteiger partial charge in [-0.1, -0.05) is 36.8 Å². The van der Waals surface area contributed by atoms with E-state index in [-0.39, 0.29) is 23.8 Å². The number of allylic oxidation sites excluding steroid dienone is 4. The fourth-order valence-corrected chi connectivity index (χ4v) is 2.06. The van der Waals surface area contributed by atoms with Crippen molar-refractivity contribution in [1.29, 1.82) is 0 Å². The molecule has 0 spiro atoms. The van der Waals surface area contributed by atoms with Crippen molar-refractivity contribution in [3.05, 3.63) is 47.6 Å². The van der Waals surface area contributed by atoms with Crippen molar-refractivity contribution < 1.29 is 28.6 Å². The summed E-state index contributed by atoms with van der Waals surface area (Å²) < 4.78 is 13.6. The SMILES string of the molecule is C=C/C(C)=C\C(=O)OC.CCC(CC=C(C)CC(=O)OC)C(C)=CC(=O)OC. The summed E-state index contributed by atoms with van der Waals surface area (Å²) in [6.07, 6.45) is 8.58. The molecule has 0 N–H and O–H groups in total. The second-order valence-electron chi connectivity index (χ2n) is 6.17. The lowest BCUT2D eigenvalue weighted by atomic mass is 9.92. The second kappa shape index (κ2) is 16.5. The van der Waals surface area contributed by atoms with E-state index in [4.69, 9.17) is 0 Å². The first-order chi connectivity index (χ1) is 13.1. The third-order valence-corrected chi connectivity index (χ3v) is 3.95. The summed E-state index contributed by atoms with van der Waals surface area (Å²) in [5.41, 5.74) is 2.79. The summed E-state index contributed by atoms with van der Waals surface area (Å²) >= 11 is 0. The Balaban J connectivity index is 0. The van der Waals surface area contributed by atoms with E-state index in [2.05, 4.69) is 27.7 Å². The Morgan fingerprint density at radius 3 is 1.89 bits per heavy atom. The number of esters is 3. The van der Waals surface area contributed by atoms with Gasteiger partial charge in [0.05, 0.1) is 27.8 Å². The van der Waals surface area contributed by atoms with Crippen LogP contribution in [0.2, 0.25) is 0 Å². The highest BCUT2D eigenvalue weighted by Crippen LogP contribution is 2.20. The van der Waals surface area contributed by atoms with Gasteiger partial charge in [-0.05, 0) is 45.1 Å². The fraction of sp³-hybridized carbons (Fsp3) is 0.500. The summed E-state index contributed by atoms with van der Waals surface area (Å²) in [6, 6.07) is 0. The van der Waals surface area contributed by atoms with E-state index in [1.807, 2.05) is 19.9 Å². The van der Waals surface area contributed by atoms with Crippen molar-refractivity contribution in [3.8, 4) is 0 Å². The Labute approximate surface area is 168 Å². The van der Waals surface area contributed by atoms with Crippen LogP contribution < -0.4 is 0 Å². The summed E-state index contributed by atoms with van der Waals surface area (Å²) in [5, 5.41) is 0. The lowest BCUT2D eigenvalue weighted by Gasteiger charge is -2.13. The molecule has 0 bridgehead atoms. The van der Waals surface area contributed by atoms with Gasteiger partial charge in [0.15, 0.2) is 0 Å². The van der Waals surface area contributed by atoms with Gasteiger partial charge in [0.1, 0.15) is 0 Å². The van der Waals surface area contributed by atoms with Crippen LogP contribution in [0.3, 0.4) is 0 Å². The molecule has 0 radical (unpaired) electrons. The van der Waals surface area contributed by atoms with Gasteiger partial charge in [-0.2, -0.15) is 0 Å². The van der Waals surface area contributed by atoms with Crippen LogP contribution in [0, 0.1) is 5.92 Å². The van der Waals surface area contributed by atoms with Gasteiger partial charge in [-0.3, -0.25) is 4.79 Å². The molecule has 1 atom stereocenters. The lowest BCUT2D eigenvalue weighted by molar-refractivity contribution is -0.140. The maximum absolute atomic E-state index is 11.2. The van der Waals surface area contributed by atoms with Crippen LogP contribution >= 0.6 is 0 Å². The number of hydrogen-bond donors (Lipinski definition) is 0. The van der Waals surface area contributed by atoms with Gasteiger partial charge in [0.25, 0.3) is 0 Å². The zero-order chi connectivity index (χ0) is 22.1. The molecular formula is C22H34O6. The molecule has 0 aromatic carbocycles. The number of hydrogen-bond acceptors (Lipinski definition) is 6. The zero-order valence-electron chi connectivity index (χ0n) is 18.2. The summed E-state index contributed by atoms with van der Waals surface area (Å²) in [7, 11) is 4.09. The Morgan fingerprint density at radius 1 is 0.929 bits per heavy atom. The highest BCUT2D eigenvalue weighted by Gasteiger charge is 2.10. The molecule has 0 amide bonds. The molecule has 0 aliphatic rings. The Kier molecular flexibility index (Phi) is 16.3. The summed E-state index contributed by atoms with van der Waals surface area (Å²) in [5.74, 6) is -0.617. The standard InChI is InChI=1S/C15H24O4.C7H10O2/c1-6-13(12(3)10-15(17)19-5)8-7-11(2)9-14(16)18-4;1-4-6(2)5-7(8)9-3/h7,10,13H,6,8-9H2,1-5H3;4-5H,1H2,2-3H3/b;6-5-. The minimum Gasteiger partial charge on any atom is -0.469 e. The summed E-state index contributed by atoms with van der Waals surface area (Å²) in [6.45, 7) is 11.2. The topological polar surface area (TPSA) is 78.9 Å². The first kappa shape index (κ1) is 27.6. The molecule has 0 fully saturated rings. The van der Waals surface area contributed by atoms with Crippen molar-refractivity contribution >= 4 is 17.9 Å². The monoisotopic (exact) mass is 394 g/mol. The third kappa shape index (κ3) is 14.5. The molecule has 158 valence electrons. The van der Waals surface area contributed by atoms with Crippen LogP contribution in [-0.4, -0.2) is 39.2 Å². The lowest BCUT2D eigenvalue weighted by Crippen LogP contribution is -2.05. The van der Waals surface area contributed by atoms with Gasteiger partial charge in [-0.25, -0.2) is 9.59 Å². The van der Waals surface area contributed by atoms with Gasteiger partial charge < -0.3 is 14.2 Å². The molecule has 0 aliphatic carbocycles. The predicted molar refractivity (Wildman–Crippen MR) is 111 cm³/mol. The van der Waals surface area contributed by atoms with E-state index in [9.17, 15) is 14.4 Å². The van der Waals surface area contributed by atoms with Gasteiger partial charge in [-0.15, -0.1) is 0 Å². The molecule has 0 aromatic rings. The molecule has 0 saturated heterocycles. The highest BCUT2D eigenvalue weighted by atomic mass is 16.5. The largest absolute Gasteiger partial charge is 0.469 e. The molecule has 0 rings (SSSR count). The van der Waals surface area contributed by atoms with Crippen LogP contribution in [0.15, 0.2) is 47.6 Å². The molecule has 0 heterocycles. The third-order valence-electron chi connectivity index (χ3n) is 3.95. The van der Waals surface area contributed by atoms with E-state index in [1.165, 1.54) is 33.5 Å². The van der Waals surface area contributed by atoms with Gasteiger partial charge in [0.2, 0.25) is 0 Å². The molecular weight excluding hydrogens is 360 g/mol. The number of ether oxygens (including phenoxy) is 3. The van der Waals surface area contributed by atoms with E-state index in [0.717, 1.165) is 29.6 Å². The number of carbonyl (C=O) groups excluding carboxylic acids is 3. The minimum absolute atomic E-state index is 0.233. The molecule has 28 heavy (non-hydrogen) atoms. The van der Waals surface area contributed by atoms with Gasteiger partial charge >= 0.3 is 17.9 Å². The molecule has 1 unspecified atom stereocenters. The van der Waals surface area contributed by atoms with Crippen LogP contribution in [0.25, 0.3) is 0 Å². The zero-order valence-corrected chi connectivity index (χ0v) is 18.2. The number of rotatable bonds is 9. The Bertz CT molecular complexity index is 611. The van der Waals surface area contributed by atoms with E-state index >= 15 is 0 Å². The first-order valence-corrected chi connectivity index (χ1v) is 9.02. The predicted octanol–water partition coefficient (Wildman–Crippen LogP) is 4.32. The molecule has 0 aliphatic heterocycles. The Hall–Kier alpha value is -2.63. The van der Waals surface area contributed by atoms with Crippen LogP contribution in [-0.2, 0) is 28.6 Å². The molecule has 6 nitrogen and oxygen atoms in total. The smallest absolute Gasteiger partial charge is 0.330 e. The van der Waals surface area contributed by atoms with E-state index in [1.54, 1.807) is 13.0 Å². The van der Waals surface area contributed by atoms with Crippen molar-refractivity contribution in [2.45, 2.75) is 47.0 Å². The van der Waals surface area contributed by atoms with Gasteiger partial charge in [0, 0.05) is 12.2 Å². The number of carbonyl (C=O) groups is 3. The number of methoxy groups -OCH3 is 3. The first-order valence-electron chi connectivity index (χ1n) is 9.02. The van der Waals surface area contributed by atoms with Crippen LogP contribution in [0.5, 0.6) is 0 Å². The van der Waals surface area contributed by atoms with Crippen molar-refractivity contribution in [2.24, 2.45) is 5.92 Å². The second-order valence-corrected chi connectivity index (χ2v) is 6.17. The van der Waals surface area contributed by atoms with E-state index in [0.29, 0.717) is 6.42 Å². The van der Waals surface area contributed by atoms with Crippen LogP contribution in [0.4, 0.5) is 0 Å². The Morgan fingerprint density at radius 2 is 1.46 bits per heavy atom. The normalized spacial score (nSPS) is 12.9. The molecule has 0 aromatic heterocycles. The van der Waals surface area contributed by atoms with Crippen LogP contribution in [0.1, 0.15) is 47.0 Å². The minimum atomic E-state index is -0.340. The summed E-state index contributed by atoms with van der Waals surface area (Å²) in [4.78, 5) is 32.7. The maximum atomic E-state index is 11.2. The molecule has 6 heteroatoms. The van der Waals surface area contributed by atoms with Crippen molar-refractivity contribution in [3.63, 3.8) is 0 Å².